The van der Waals surface area contributed by atoms with Crippen LogP contribution in [0.1, 0.15) is 90.5 Å². The second-order valence-corrected chi connectivity index (χ2v) is 38.6. The van der Waals surface area contributed by atoms with Crippen molar-refractivity contribution < 1.29 is 35.8 Å². The minimum atomic E-state index is -3.11. The Bertz CT molecular complexity index is 1130. The van der Waals surface area contributed by atoms with Crippen LogP contribution in [-0.4, -0.2) is 102 Å². The third-order valence-electron chi connectivity index (χ3n) is 6.60. The van der Waals surface area contributed by atoms with Gasteiger partial charge in [-0.2, -0.15) is 0 Å². The predicted octanol–water partition coefficient (Wildman–Crippen LogP) is 9.26. The lowest BCUT2D eigenvalue weighted by Gasteiger charge is -2.41. The van der Waals surface area contributed by atoms with Crippen LogP contribution in [-0.2, 0) is 35.8 Å². The molecule has 2 rings (SSSR count). The number of Topliss-reactive ketones (excluding diaryl/α,β-unsaturated/α-hetero) is 2. The number of carbonyl (C=O) groups excluding carboxylic acids is 2. The van der Waals surface area contributed by atoms with Gasteiger partial charge in [-0.3, -0.25) is 0 Å². The summed E-state index contributed by atoms with van der Waals surface area (Å²) in [6.45, 7) is 36.9. The number of ether oxygens (including phenoxy) is 1. The smallest absolute Gasteiger partial charge is 0.436 e. The molecule has 0 N–H and O–H groups in total. The summed E-state index contributed by atoms with van der Waals surface area (Å²) in [7, 11) is -3.26. The first-order chi connectivity index (χ1) is 26.4. The molecule has 344 valence electrons. The van der Waals surface area contributed by atoms with E-state index in [1.807, 2.05) is 36.4 Å². The van der Waals surface area contributed by atoms with Gasteiger partial charge in [-0.25, -0.2) is 0 Å². The van der Waals surface area contributed by atoms with Gasteiger partial charge in [-0.05, 0) is 92.9 Å². The van der Waals surface area contributed by atoms with E-state index in [0.29, 0.717) is 25.1 Å². The predicted molar refractivity (Wildman–Crippen MR) is 278 cm³/mol. The van der Waals surface area contributed by atoms with Crippen molar-refractivity contribution in [2.75, 3.05) is 21.0 Å². The van der Waals surface area contributed by atoms with Crippen molar-refractivity contribution >= 4 is 85.2 Å². The molecule has 8 nitrogen and oxygen atoms in total. The Morgan fingerprint density at radius 1 is 0.638 bits per heavy atom. The molecular weight excluding hydrogens is 841 g/mol. The van der Waals surface area contributed by atoms with Crippen molar-refractivity contribution in [3.05, 3.63) is 60.7 Å². The summed E-state index contributed by atoms with van der Waals surface area (Å²) in [4.78, 5) is 18.9. The topological polar surface area (TPSA) is 89.5 Å². The zero-order valence-corrected chi connectivity index (χ0v) is 49.8. The molecule has 2 aromatic rings. The molecule has 0 amide bonds. The van der Waals surface area contributed by atoms with Crippen molar-refractivity contribution in [2.45, 2.75) is 172 Å². The van der Waals surface area contributed by atoms with E-state index in [0.717, 1.165) is 17.3 Å². The average Bonchev–Trinajstić information content (AvgIpc) is 3.10. The zero-order valence-electron chi connectivity index (χ0n) is 41.0. The highest BCUT2D eigenvalue weighted by Gasteiger charge is 2.52. The van der Waals surface area contributed by atoms with E-state index in [4.69, 9.17) is 26.2 Å². The molecular formula is C43H96O8Si7. The van der Waals surface area contributed by atoms with Crippen LogP contribution in [0, 0.1) is 0 Å². The van der Waals surface area contributed by atoms with E-state index in [9.17, 15) is 9.59 Å². The van der Waals surface area contributed by atoms with Crippen LogP contribution < -0.4 is 10.4 Å². The normalized spacial score (nSPS) is 11.5. The molecule has 0 heterocycles. The molecule has 0 aliphatic rings. The quantitative estimate of drug-likeness (QED) is 0.115. The van der Waals surface area contributed by atoms with Gasteiger partial charge in [-0.15, -0.1) is 0 Å². The van der Waals surface area contributed by atoms with Crippen molar-refractivity contribution in [3.8, 4) is 0 Å². The van der Waals surface area contributed by atoms with Gasteiger partial charge in [0, 0.05) is 54.8 Å². The number of hydrogen-bond acceptors (Lipinski definition) is 8. The maximum Gasteiger partial charge on any atom is 0.529 e. The van der Waals surface area contributed by atoms with Gasteiger partial charge in [0.15, 0.2) is 16.6 Å². The summed E-state index contributed by atoms with van der Waals surface area (Å²) in [5, 5.41) is 2.39. The lowest BCUT2D eigenvalue weighted by Crippen LogP contribution is -2.64. The number of methoxy groups -OCH3 is 1. The number of rotatable bonds is 17. The second-order valence-electron chi connectivity index (χ2n) is 16.1. The van der Waals surface area contributed by atoms with Crippen molar-refractivity contribution in [3.63, 3.8) is 0 Å². The van der Waals surface area contributed by atoms with Crippen LogP contribution >= 0.6 is 0 Å². The lowest BCUT2D eigenvalue weighted by molar-refractivity contribution is -0.115. The molecule has 58 heavy (non-hydrogen) atoms. The Kier molecular flexibility index (Phi) is 50.7. The van der Waals surface area contributed by atoms with E-state index in [2.05, 4.69) is 119 Å². The Labute approximate surface area is 373 Å². The monoisotopic (exact) mass is 937 g/mol. The first-order valence-electron chi connectivity index (χ1n) is 21.1. The van der Waals surface area contributed by atoms with E-state index in [1.54, 1.807) is 14.2 Å². The standard InChI is InChI=1S/C16H32O5Si3.C6H16OSi.C6H8Si.2C4H12Si.2C3H6O.CH4/c1-8-23(9-2,20-22(5,6)7)21-24(18-4,19-15-17-3)16-13-11-10-12-14-16;1-6(2)7-8(3,4)5;7-6-4-2-1-3-5-6;2*1-3-5-4-2;2*1-3(2)4;/h10-14H,8-9,15H2,1-7H3;6H,1-5H3;1-5H,7H3;2*3-5H2,1-2H3;2*1-2H3;1H4. The Hall–Kier alpha value is -0.942. The van der Waals surface area contributed by atoms with Gasteiger partial charge < -0.3 is 35.8 Å². The molecule has 1 atom stereocenters. The Balaban J connectivity index is -0.000000162. The van der Waals surface area contributed by atoms with Crippen LogP contribution in [0.3, 0.4) is 0 Å². The fourth-order valence-corrected chi connectivity index (χ4v) is 19.9. The molecule has 15 heteroatoms. The molecule has 0 radical (unpaired) electrons. The van der Waals surface area contributed by atoms with Crippen LogP contribution in [0.2, 0.25) is 75.5 Å². The van der Waals surface area contributed by atoms with Gasteiger partial charge in [0.2, 0.25) is 0 Å². The number of ketones is 2. The van der Waals surface area contributed by atoms with Gasteiger partial charge in [-0.1, -0.05) is 139 Å². The van der Waals surface area contributed by atoms with Crippen LogP contribution in [0.4, 0.5) is 0 Å². The van der Waals surface area contributed by atoms with Gasteiger partial charge in [0.25, 0.3) is 0 Å². The number of hydrogen-bond donors (Lipinski definition) is 0. The van der Waals surface area contributed by atoms with Crippen molar-refractivity contribution in [2.24, 2.45) is 0 Å². The average molecular weight is 938 g/mol. The van der Waals surface area contributed by atoms with Crippen LogP contribution in [0.15, 0.2) is 60.7 Å². The van der Waals surface area contributed by atoms with E-state index in [-0.39, 0.29) is 25.8 Å². The third-order valence-corrected chi connectivity index (χ3v) is 22.0. The molecule has 0 aromatic heterocycles. The summed E-state index contributed by atoms with van der Waals surface area (Å²) < 4.78 is 35.9. The van der Waals surface area contributed by atoms with Gasteiger partial charge in [0.05, 0.1) is 0 Å². The molecule has 1 unspecified atom stereocenters. The Morgan fingerprint density at radius 3 is 1.19 bits per heavy atom. The molecule has 0 aliphatic carbocycles. The summed E-state index contributed by atoms with van der Waals surface area (Å²) in [6.07, 6.45) is 0.404. The maximum absolute atomic E-state index is 9.44. The first kappa shape index (κ1) is 68.8. The van der Waals surface area contributed by atoms with Crippen LogP contribution in [0.5, 0.6) is 0 Å². The highest BCUT2D eigenvalue weighted by atomic mass is 28.5. The number of carbonyl (C=O) groups is 2. The largest absolute Gasteiger partial charge is 0.529 e. The lowest BCUT2D eigenvalue weighted by atomic mass is 10.4. The highest BCUT2D eigenvalue weighted by molar-refractivity contribution is 6.89. The maximum atomic E-state index is 9.44. The summed E-state index contributed by atoms with van der Waals surface area (Å²) in [6, 6.07) is 28.0. The molecule has 0 bridgehead atoms. The summed E-state index contributed by atoms with van der Waals surface area (Å²) in [5.41, 5.74) is 0. The Morgan fingerprint density at radius 2 is 1.00 bits per heavy atom. The fourth-order valence-electron chi connectivity index (χ4n) is 4.48. The van der Waals surface area contributed by atoms with E-state index in [1.165, 1.54) is 67.3 Å². The molecule has 0 saturated heterocycles. The molecule has 0 fully saturated rings. The van der Waals surface area contributed by atoms with Crippen molar-refractivity contribution in [1.82, 2.24) is 0 Å². The minimum absolute atomic E-state index is 0. The fraction of sp³-hybridized carbons (Fsp3) is 0.674. The number of benzene rings is 2. The van der Waals surface area contributed by atoms with E-state index >= 15 is 0 Å². The third kappa shape index (κ3) is 51.2. The first-order valence-corrected chi connectivity index (χ1v) is 36.9. The van der Waals surface area contributed by atoms with Gasteiger partial charge >= 0.3 is 17.4 Å². The minimum Gasteiger partial charge on any atom is -0.436 e. The summed E-state index contributed by atoms with van der Waals surface area (Å²) >= 11 is 0. The molecule has 2 aromatic carbocycles. The molecule has 0 aliphatic heterocycles. The summed E-state index contributed by atoms with van der Waals surface area (Å²) in [5.74, 6) is 0.333. The zero-order chi connectivity index (χ0) is 45.6. The molecule has 0 spiro atoms. The SMILES string of the molecule is C.CC(C)=O.CC(C)=O.CC(C)O[Si](C)(C)C.CC[SiH2]CC.CC[SiH2]CC.CC[Si](CC)(O[Si](C)(C)C)O[Si](OC)(OCOC)c1ccccc1.[SiH3]c1ccccc1. The van der Waals surface area contributed by atoms with Crippen LogP contribution in [0.25, 0.3) is 0 Å². The second kappa shape index (κ2) is 42.7. The van der Waals surface area contributed by atoms with Crippen molar-refractivity contribution in [1.29, 1.82) is 0 Å². The van der Waals surface area contributed by atoms with E-state index < -0.39 is 34.0 Å². The van der Waals surface area contributed by atoms with Gasteiger partial charge in [0.1, 0.15) is 18.4 Å². The highest BCUT2D eigenvalue weighted by Crippen LogP contribution is 2.28. The molecule has 0 saturated carbocycles.